The molecule has 0 atom stereocenters. The van der Waals surface area contributed by atoms with Crippen molar-refractivity contribution in [2.45, 2.75) is 26.9 Å². The quantitative estimate of drug-likeness (QED) is 0.529. The molecule has 5 nitrogen and oxygen atoms in total. The minimum absolute atomic E-state index is 0.0847. The maximum Gasteiger partial charge on any atom is 0.257 e. The standard InChI is InChI=1S/C23H24N4O/c1-17(2)14-26-16-21(20-6-3-4-7-22(20)26)23(28)25-19-10-8-18(9-11-19)15-27-13-5-12-24-27/h3-13,16-17H,14-15H2,1-2H3,(H,25,28). The van der Waals surface area contributed by atoms with Crippen molar-refractivity contribution >= 4 is 22.5 Å². The highest BCUT2D eigenvalue weighted by molar-refractivity contribution is 6.13. The third-order valence-electron chi connectivity index (χ3n) is 4.71. The average molecular weight is 372 g/mol. The number of benzene rings is 2. The van der Waals surface area contributed by atoms with Crippen LogP contribution in [-0.2, 0) is 13.1 Å². The van der Waals surface area contributed by atoms with E-state index in [2.05, 4.69) is 34.9 Å². The number of nitrogens with zero attached hydrogens (tertiary/aromatic N) is 3. The summed E-state index contributed by atoms with van der Waals surface area (Å²) in [7, 11) is 0. The number of hydrogen-bond acceptors (Lipinski definition) is 2. The Labute approximate surface area is 164 Å². The Morgan fingerprint density at radius 3 is 2.57 bits per heavy atom. The summed E-state index contributed by atoms with van der Waals surface area (Å²) in [5.41, 5.74) is 3.72. The van der Waals surface area contributed by atoms with Gasteiger partial charge in [-0.25, -0.2) is 0 Å². The zero-order valence-corrected chi connectivity index (χ0v) is 16.2. The molecule has 142 valence electrons. The first kappa shape index (κ1) is 18.0. The van der Waals surface area contributed by atoms with Crippen molar-refractivity contribution in [3.8, 4) is 0 Å². The number of aromatic nitrogens is 3. The van der Waals surface area contributed by atoms with E-state index in [0.29, 0.717) is 18.0 Å². The van der Waals surface area contributed by atoms with Crippen molar-refractivity contribution in [3.05, 3.63) is 84.3 Å². The van der Waals surface area contributed by atoms with Gasteiger partial charge in [-0.3, -0.25) is 9.48 Å². The lowest BCUT2D eigenvalue weighted by atomic mass is 10.1. The Hall–Kier alpha value is -3.34. The minimum atomic E-state index is -0.0847. The smallest absolute Gasteiger partial charge is 0.257 e. The average Bonchev–Trinajstić information content (AvgIpc) is 3.31. The third kappa shape index (κ3) is 3.83. The Morgan fingerprint density at radius 2 is 1.86 bits per heavy atom. The molecule has 0 fully saturated rings. The maximum absolute atomic E-state index is 12.9. The zero-order valence-electron chi connectivity index (χ0n) is 16.2. The van der Waals surface area contributed by atoms with Crippen molar-refractivity contribution in [3.63, 3.8) is 0 Å². The second-order valence-electron chi connectivity index (χ2n) is 7.46. The predicted molar refractivity (Wildman–Crippen MR) is 113 cm³/mol. The molecule has 28 heavy (non-hydrogen) atoms. The molecule has 0 saturated heterocycles. The molecule has 2 heterocycles. The zero-order chi connectivity index (χ0) is 19.5. The topological polar surface area (TPSA) is 51.9 Å². The fourth-order valence-electron chi connectivity index (χ4n) is 3.45. The number of hydrogen-bond donors (Lipinski definition) is 1. The Balaban J connectivity index is 1.53. The molecule has 0 aliphatic heterocycles. The molecule has 0 aliphatic carbocycles. The van der Waals surface area contributed by atoms with Crippen molar-refractivity contribution < 1.29 is 4.79 Å². The van der Waals surface area contributed by atoms with Crippen LogP contribution in [0.4, 0.5) is 5.69 Å². The number of fused-ring (bicyclic) bond motifs is 1. The summed E-state index contributed by atoms with van der Waals surface area (Å²) in [6.07, 6.45) is 5.67. The second-order valence-corrected chi connectivity index (χ2v) is 7.46. The van der Waals surface area contributed by atoms with Gasteiger partial charge in [0.2, 0.25) is 0 Å². The molecule has 0 saturated carbocycles. The fourth-order valence-corrected chi connectivity index (χ4v) is 3.45. The monoisotopic (exact) mass is 372 g/mol. The van der Waals surface area contributed by atoms with Crippen LogP contribution in [-0.4, -0.2) is 20.3 Å². The van der Waals surface area contributed by atoms with Crippen LogP contribution in [0.3, 0.4) is 0 Å². The van der Waals surface area contributed by atoms with Crippen molar-refractivity contribution in [1.29, 1.82) is 0 Å². The van der Waals surface area contributed by atoms with Crippen LogP contribution in [0.5, 0.6) is 0 Å². The van der Waals surface area contributed by atoms with Gasteiger partial charge in [0.25, 0.3) is 5.91 Å². The molecule has 2 aromatic carbocycles. The van der Waals surface area contributed by atoms with Gasteiger partial charge in [0, 0.05) is 41.7 Å². The largest absolute Gasteiger partial charge is 0.346 e. The molecule has 0 aliphatic rings. The van der Waals surface area contributed by atoms with E-state index < -0.39 is 0 Å². The van der Waals surface area contributed by atoms with Crippen molar-refractivity contribution in [1.82, 2.24) is 14.3 Å². The highest BCUT2D eigenvalue weighted by Crippen LogP contribution is 2.23. The highest BCUT2D eigenvalue weighted by Gasteiger charge is 2.15. The predicted octanol–water partition coefficient (Wildman–Crippen LogP) is 4.79. The Kier molecular flexibility index (Phi) is 4.98. The van der Waals surface area contributed by atoms with Crippen molar-refractivity contribution in [2.75, 3.05) is 5.32 Å². The summed E-state index contributed by atoms with van der Waals surface area (Å²) in [5.74, 6) is 0.424. The normalized spacial score (nSPS) is 11.2. The lowest BCUT2D eigenvalue weighted by Gasteiger charge is -2.07. The molecule has 0 unspecified atom stereocenters. The lowest BCUT2D eigenvalue weighted by Crippen LogP contribution is -2.12. The summed E-state index contributed by atoms with van der Waals surface area (Å²) >= 11 is 0. The van der Waals surface area contributed by atoms with Gasteiger partial charge in [0.15, 0.2) is 0 Å². The van der Waals surface area contributed by atoms with Gasteiger partial charge in [-0.2, -0.15) is 5.10 Å². The van der Waals surface area contributed by atoms with Gasteiger partial charge < -0.3 is 9.88 Å². The molecular weight excluding hydrogens is 348 g/mol. The van der Waals surface area contributed by atoms with Gasteiger partial charge in [-0.15, -0.1) is 0 Å². The molecule has 5 heteroatoms. The van der Waals surface area contributed by atoms with Gasteiger partial charge >= 0.3 is 0 Å². The molecule has 0 bridgehead atoms. The molecule has 1 N–H and O–H groups in total. The number of amides is 1. The summed E-state index contributed by atoms with van der Waals surface area (Å²) in [6.45, 7) is 5.96. The fraction of sp³-hybridized carbons (Fsp3) is 0.217. The number of rotatable bonds is 6. The number of carbonyl (C=O) groups is 1. The first-order chi connectivity index (χ1) is 13.6. The summed E-state index contributed by atoms with van der Waals surface area (Å²) in [6, 6.07) is 17.9. The van der Waals surface area contributed by atoms with E-state index in [0.717, 1.165) is 28.7 Å². The third-order valence-corrected chi connectivity index (χ3v) is 4.71. The van der Waals surface area contributed by atoms with E-state index in [4.69, 9.17) is 0 Å². The maximum atomic E-state index is 12.9. The molecule has 2 aromatic heterocycles. The molecular formula is C23H24N4O. The van der Waals surface area contributed by atoms with E-state index in [9.17, 15) is 4.79 Å². The summed E-state index contributed by atoms with van der Waals surface area (Å²) in [5, 5.41) is 8.23. The van der Waals surface area contributed by atoms with E-state index in [-0.39, 0.29) is 5.91 Å². The number of nitrogens with one attached hydrogen (secondary N) is 1. The van der Waals surface area contributed by atoms with E-state index >= 15 is 0 Å². The van der Waals surface area contributed by atoms with Crippen LogP contribution in [0.15, 0.2) is 73.2 Å². The van der Waals surface area contributed by atoms with Crippen LogP contribution in [0.25, 0.3) is 10.9 Å². The highest BCUT2D eigenvalue weighted by atomic mass is 16.1. The summed E-state index contributed by atoms with van der Waals surface area (Å²) < 4.78 is 4.04. The van der Waals surface area contributed by atoms with E-state index in [1.807, 2.05) is 65.6 Å². The van der Waals surface area contributed by atoms with Crippen molar-refractivity contribution in [2.24, 2.45) is 5.92 Å². The van der Waals surface area contributed by atoms with Crippen LogP contribution in [0.1, 0.15) is 29.8 Å². The first-order valence-electron chi connectivity index (χ1n) is 9.56. The van der Waals surface area contributed by atoms with Gasteiger partial charge in [0.1, 0.15) is 0 Å². The SMILES string of the molecule is CC(C)Cn1cc(C(=O)Nc2ccc(Cn3cccn3)cc2)c2ccccc21. The van der Waals surface area contributed by atoms with Gasteiger partial charge in [0.05, 0.1) is 12.1 Å². The van der Waals surface area contributed by atoms with E-state index in [1.165, 1.54) is 0 Å². The molecule has 4 rings (SSSR count). The molecule has 4 aromatic rings. The van der Waals surface area contributed by atoms with Crippen LogP contribution in [0.2, 0.25) is 0 Å². The first-order valence-corrected chi connectivity index (χ1v) is 9.56. The van der Waals surface area contributed by atoms with Crippen LogP contribution >= 0.6 is 0 Å². The molecule has 1 amide bonds. The number of para-hydroxylation sites is 1. The minimum Gasteiger partial charge on any atom is -0.346 e. The lowest BCUT2D eigenvalue weighted by molar-refractivity contribution is 0.102. The number of carbonyl (C=O) groups excluding carboxylic acids is 1. The Morgan fingerprint density at radius 1 is 1.07 bits per heavy atom. The van der Waals surface area contributed by atoms with Gasteiger partial charge in [-0.05, 0) is 35.7 Å². The molecule has 0 spiro atoms. The number of anilines is 1. The van der Waals surface area contributed by atoms with E-state index in [1.54, 1.807) is 6.20 Å². The molecule has 0 radical (unpaired) electrons. The summed E-state index contributed by atoms with van der Waals surface area (Å²) in [4.78, 5) is 12.9. The van der Waals surface area contributed by atoms with Crippen LogP contribution < -0.4 is 5.32 Å². The van der Waals surface area contributed by atoms with Gasteiger partial charge in [-0.1, -0.05) is 44.2 Å². The Bertz CT molecular complexity index is 1080. The second kappa shape index (κ2) is 7.72. The van der Waals surface area contributed by atoms with Crippen LogP contribution in [0, 0.1) is 5.92 Å².